The van der Waals surface area contributed by atoms with Crippen molar-refractivity contribution in [3.05, 3.63) is 81.9 Å². The molecule has 1 aromatic heterocycles. The number of rotatable bonds is 2. The number of β-amino-alcohol motifs (C(OH)–C–C–N with tert-alkyl or cyclic N) is 1. The van der Waals surface area contributed by atoms with Gasteiger partial charge in [0, 0.05) is 49.5 Å². The summed E-state index contributed by atoms with van der Waals surface area (Å²) in [6.45, 7) is 7.42. The molecule has 3 aromatic rings. The average molecular weight is 736 g/mol. The molecule has 5 atom stereocenters. The first-order valence-electron chi connectivity index (χ1n) is 18.6. The molecule has 2 aromatic carbocycles. The Morgan fingerprint density at radius 3 is 2.71 bits per heavy atom. The van der Waals surface area contributed by atoms with Crippen LogP contribution in [0.5, 0.6) is 5.75 Å². The quantitative estimate of drug-likeness (QED) is 0.329. The molecule has 1 fully saturated rings. The Morgan fingerprint density at radius 2 is 1.88 bits per heavy atom. The number of halogens is 1. The van der Waals surface area contributed by atoms with Gasteiger partial charge in [-0.05, 0) is 123 Å². The van der Waals surface area contributed by atoms with Gasteiger partial charge in [0.1, 0.15) is 18.7 Å². The lowest BCUT2D eigenvalue weighted by atomic mass is 9.62. The first-order chi connectivity index (χ1) is 24.5. The Morgan fingerprint density at radius 1 is 1.02 bits per heavy atom. The third-order valence-corrected chi connectivity index (χ3v) is 14.2. The summed E-state index contributed by atoms with van der Waals surface area (Å²) in [7, 11) is -3.96. The van der Waals surface area contributed by atoms with Gasteiger partial charge in [-0.2, -0.15) is 0 Å². The van der Waals surface area contributed by atoms with E-state index in [2.05, 4.69) is 24.5 Å². The predicted octanol–water partition coefficient (Wildman–Crippen LogP) is 5.94. The second-order valence-electron chi connectivity index (χ2n) is 15.3. The zero-order chi connectivity index (χ0) is 35.8. The fourth-order valence-corrected chi connectivity index (χ4v) is 10.1. The summed E-state index contributed by atoms with van der Waals surface area (Å²) in [5.41, 5.74) is 4.53. The lowest BCUT2D eigenvalue weighted by molar-refractivity contribution is -0.107. The SMILES string of the molecule is C[C@@H]1[C@@H](C)CCC[C@@](O)(CN2CCc3cncnc3C2)[C@@H]2CC[C@H]2CN2CCCCc3cc(Cl)ccc3COc3ccc(cc32)C(=O)NS1(=O)=O. The average Bonchev–Trinajstić information content (AvgIpc) is 3.12. The Kier molecular flexibility index (Phi) is 10.6. The third-order valence-electron chi connectivity index (χ3n) is 12.0. The van der Waals surface area contributed by atoms with E-state index in [0.29, 0.717) is 56.3 Å². The van der Waals surface area contributed by atoms with Crippen molar-refractivity contribution < 1.29 is 23.1 Å². The highest BCUT2D eigenvalue weighted by Crippen LogP contribution is 2.47. The molecule has 12 heteroatoms. The van der Waals surface area contributed by atoms with Crippen LogP contribution in [0, 0.1) is 17.8 Å². The number of anilines is 1. The van der Waals surface area contributed by atoms with Crippen LogP contribution in [0.2, 0.25) is 5.02 Å². The van der Waals surface area contributed by atoms with Crippen molar-refractivity contribution in [2.45, 2.75) is 95.6 Å². The number of benzene rings is 2. The molecular weight excluding hydrogens is 686 g/mol. The molecule has 2 N–H and O–H groups in total. The summed E-state index contributed by atoms with van der Waals surface area (Å²) in [6, 6.07) is 11.1. The summed E-state index contributed by atoms with van der Waals surface area (Å²) < 4.78 is 35.9. The number of ether oxygens (including phenoxy) is 1. The van der Waals surface area contributed by atoms with E-state index in [0.717, 1.165) is 68.6 Å². The molecule has 10 nitrogen and oxygen atoms in total. The van der Waals surface area contributed by atoms with E-state index in [1.165, 1.54) is 11.1 Å². The number of aryl methyl sites for hydroxylation is 1. The van der Waals surface area contributed by atoms with Gasteiger partial charge in [0.05, 0.1) is 22.2 Å². The van der Waals surface area contributed by atoms with Crippen LogP contribution in [0.1, 0.15) is 91.5 Å². The van der Waals surface area contributed by atoms with Gasteiger partial charge in [-0.15, -0.1) is 0 Å². The van der Waals surface area contributed by atoms with Crippen LogP contribution in [0.4, 0.5) is 5.69 Å². The van der Waals surface area contributed by atoms with Gasteiger partial charge in [-0.1, -0.05) is 31.0 Å². The molecule has 2 bridgehead atoms. The van der Waals surface area contributed by atoms with Crippen LogP contribution in [-0.2, 0) is 36.0 Å². The Hall–Kier alpha value is -3.25. The van der Waals surface area contributed by atoms with Gasteiger partial charge >= 0.3 is 0 Å². The van der Waals surface area contributed by atoms with E-state index < -0.39 is 26.8 Å². The van der Waals surface area contributed by atoms with Crippen LogP contribution < -0.4 is 14.4 Å². The molecule has 4 heterocycles. The largest absolute Gasteiger partial charge is 0.487 e. The number of carbonyl (C=O) groups excluding carboxylic acids is 1. The number of amides is 1. The number of carbonyl (C=O) groups is 1. The van der Waals surface area contributed by atoms with Gasteiger partial charge in [0.15, 0.2) is 0 Å². The topological polar surface area (TPSA) is 125 Å². The maximum atomic E-state index is 13.6. The summed E-state index contributed by atoms with van der Waals surface area (Å²) in [5, 5.41) is 12.7. The lowest BCUT2D eigenvalue weighted by Crippen LogP contribution is -2.56. The number of hydrogen-bond donors (Lipinski definition) is 2. The van der Waals surface area contributed by atoms with Crippen molar-refractivity contribution in [2.24, 2.45) is 17.8 Å². The number of aromatic nitrogens is 2. The molecule has 51 heavy (non-hydrogen) atoms. The molecule has 1 aliphatic carbocycles. The van der Waals surface area contributed by atoms with Gasteiger partial charge < -0.3 is 14.7 Å². The number of aliphatic hydroxyl groups is 1. The van der Waals surface area contributed by atoms with Crippen molar-refractivity contribution in [2.75, 3.05) is 31.1 Å². The highest BCUT2D eigenvalue weighted by atomic mass is 35.5. The number of sulfonamides is 1. The lowest BCUT2D eigenvalue weighted by Gasteiger charge is -2.51. The van der Waals surface area contributed by atoms with E-state index in [1.54, 1.807) is 31.5 Å². The van der Waals surface area contributed by atoms with E-state index in [9.17, 15) is 18.3 Å². The summed E-state index contributed by atoms with van der Waals surface area (Å²) in [5.74, 6) is 0.111. The maximum absolute atomic E-state index is 13.6. The first kappa shape index (κ1) is 36.1. The summed E-state index contributed by atoms with van der Waals surface area (Å²) in [6.07, 6.45) is 10.9. The Labute approximate surface area is 307 Å². The fourth-order valence-electron chi connectivity index (χ4n) is 8.62. The molecule has 7 rings (SSSR count). The third kappa shape index (κ3) is 7.92. The van der Waals surface area contributed by atoms with Crippen molar-refractivity contribution in [1.29, 1.82) is 0 Å². The van der Waals surface area contributed by atoms with Crippen LogP contribution >= 0.6 is 11.6 Å². The van der Waals surface area contributed by atoms with Crippen molar-refractivity contribution in [1.82, 2.24) is 19.6 Å². The van der Waals surface area contributed by atoms with E-state index >= 15 is 0 Å². The monoisotopic (exact) mass is 735 g/mol. The summed E-state index contributed by atoms with van der Waals surface area (Å²) in [4.78, 5) is 27.0. The molecule has 4 aliphatic rings. The molecule has 1 saturated carbocycles. The second-order valence-corrected chi connectivity index (χ2v) is 17.8. The number of fused-ring (bicyclic) bond motifs is 4. The van der Waals surface area contributed by atoms with Crippen molar-refractivity contribution in [3.8, 4) is 5.75 Å². The Balaban J connectivity index is 1.23. The number of nitrogens with zero attached hydrogens (tertiary/aromatic N) is 4. The molecular formula is C39H50ClN5O5S. The molecule has 274 valence electrons. The minimum atomic E-state index is -3.96. The minimum absolute atomic E-state index is 0.0779. The normalized spacial score (nSPS) is 28.8. The van der Waals surface area contributed by atoms with E-state index in [-0.39, 0.29) is 23.3 Å². The molecule has 0 radical (unpaired) electrons. The van der Waals surface area contributed by atoms with Crippen LogP contribution in [-0.4, -0.2) is 71.3 Å². The van der Waals surface area contributed by atoms with Gasteiger partial charge in [0.25, 0.3) is 5.91 Å². The van der Waals surface area contributed by atoms with Gasteiger partial charge in [-0.3, -0.25) is 9.69 Å². The minimum Gasteiger partial charge on any atom is -0.487 e. The fraction of sp³-hybridized carbons (Fsp3) is 0.564. The molecule has 3 aliphatic heterocycles. The highest BCUT2D eigenvalue weighted by Gasteiger charge is 2.48. The van der Waals surface area contributed by atoms with Gasteiger partial charge in [0.2, 0.25) is 10.0 Å². The van der Waals surface area contributed by atoms with Crippen molar-refractivity contribution >= 4 is 33.2 Å². The molecule has 1 amide bonds. The second kappa shape index (κ2) is 15.0. The molecule has 0 unspecified atom stereocenters. The zero-order valence-corrected chi connectivity index (χ0v) is 31.3. The smallest absolute Gasteiger partial charge is 0.264 e. The number of nitrogens with one attached hydrogen (secondary N) is 1. The number of hydrogen-bond acceptors (Lipinski definition) is 9. The zero-order valence-electron chi connectivity index (χ0n) is 29.7. The highest BCUT2D eigenvalue weighted by molar-refractivity contribution is 7.90. The van der Waals surface area contributed by atoms with E-state index in [1.807, 2.05) is 31.3 Å². The van der Waals surface area contributed by atoms with Gasteiger partial charge in [-0.25, -0.2) is 23.1 Å². The van der Waals surface area contributed by atoms with Crippen LogP contribution in [0.3, 0.4) is 0 Å². The molecule has 0 spiro atoms. The molecule has 0 saturated heterocycles. The Bertz CT molecular complexity index is 1860. The van der Waals surface area contributed by atoms with E-state index in [4.69, 9.17) is 16.3 Å². The van der Waals surface area contributed by atoms with Crippen molar-refractivity contribution in [3.63, 3.8) is 0 Å². The van der Waals surface area contributed by atoms with Crippen LogP contribution in [0.15, 0.2) is 48.9 Å². The maximum Gasteiger partial charge on any atom is 0.264 e. The standard InChI is InChI=1S/C39H50ClN5O5S/c1-26-6-5-15-39(47,24-44-17-14-30-20-41-25-42-35(30)22-44)34-12-9-31(34)21-45-16-4-3-7-28-18-33(40)11-8-32(28)23-50-37-13-10-29(19-36(37)45)38(46)43-51(48,49)27(26)2/h8,10-11,13,18-20,25-27,31,34,47H,3-7,9,12,14-17,21-24H2,1-2H3,(H,43,46)/t26-,27+,31-,34+,39+/m0/s1. The van der Waals surface area contributed by atoms with Crippen LogP contribution in [0.25, 0.3) is 0 Å². The first-order valence-corrected chi connectivity index (χ1v) is 20.5. The summed E-state index contributed by atoms with van der Waals surface area (Å²) >= 11 is 6.38. The predicted molar refractivity (Wildman–Crippen MR) is 198 cm³/mol.